The van der Waals surface area contributed by atoms with Gasteiger partial charge in [-0.1, -0.05) is 18.3 Å². The third-order valence-electron chi connectivity index (χ3n) is 5.41. The molecule has 2 fully saturated rings. The topological polar surface area (TPSA) is 49.3 Å². The summed E-state index contributed by atoms with van der Waals surface area (Å²) in [5, 5.41) is 4.25. The van der Waals surface area contributed by atoms with E-state index in [-0.39, 0.29) is 6.04 Å². The maximum atomic E-state index is 12.9. The molecule has 3 aliphatic heterocycles. The summed E-state index contributed by atoms with van der Waals surface area (Å²) in [7, 11) is 0. The highest BCUT2D eigenvalue weighted by Gasteiger charge is 2.44. The zero-order chi connectivity index (χ0) is 15.3. The summed E-state index contributed by atoms with van der Waals surface area (Å²) in [5.74, 6) is 1.71. The number of carbonyl (C=O) groups is 1. The van der Waals surface area contributed by atoms with Crippen molar-refractivity contribution in [2.24, 2.45) is 11.8 Å². The number of hydrogen-bond donors (Lipinski definition) is 0. The van der Waals surface area contributed by atoms with Crippen molar-refractivity contribution in [1.29, 1.82) is 0 Å². The highest BCUT2D eigenvalue weighted by molar-refractivity contribution is 7.05. The summed E-state index contributed by atoms with van der Waals surface area (Å²) < 4.78 is 4.10. The third-order valence-corrected chi connectivity index (χ3v) is 6.28. The number of rotatable bonds is 2. The Morgan fingerprint density at radius 1 is 1.27 bits per heavy atom. The number of carbonyl (C=O) groups excluding carboxylic acids is 1. The highest BCUT2D eigenvalue weighted by atomic mass is 32.1. The molecule has 0 unspecified atom stereocenters. The Labute approximate surface area is 135 Å². The molecule has 0 N–H and O–H groups in total. The monoisotopic (exact) mass is 320 g/mol. The number of likely N-dealkylation sites (tertiary alicyclic amines) is 1. The van der Waals surface area contributed by atoms with Gasteiger partial charge in [-0.15, -0.1) is 5.10 Å². The molecule has 2 saturated heterocycles. The maximum Gasteiger partial charge on any atom is 0.237 e. The van der Waals surface area contributed by atoms with E-state index >= 15 is 0 Å². The Hall–Kier alpha value is -1.01. The van der Waals surface area contributed by atoms with Crippen molar-refractivity contribution in [2.45, 2.75) is 51.6 Å². The number of amides is 1. The van der Waals surface area contributed by atoms with Gasteiger partial charge in [0.1, 0.15) is 0 Å². The summed E-state index contributed by atoms with van der Waals surface area (Å²) in [6.07, 6.45) is 4.39. The van der Waals surface area contributed by atoms with Crippen LogP contribution in [-0.4, -0.2) is 51.0 Å². The fourth-order valence-corrected chi connectivity index (χ4v) is 5.56. The first-order valence-electron chi connectivity index (χ1n) is 8.46. The molecule has 1 amide bonds. The van der Waals surface area contributed by atoms with Gasteiger partial charge in [-0.2, -0.15) is 0 Å². The molecule has 120 valence electrons. The van der Waals surface area contributed by atoms with Crippen LogP contribution in [0.1, 0.15) is 49.7 Å². The summed E-state index contributed by atoms with van der Waals surface area (Å²) in [5.41, 5.74) is 1.14. The fraction of sp³-hybridized carbons (Fsp3) is 0.812. The van der Waals surface area contributed by atoms with E-state index in [1.807, 2.05) is 0 Å². The second kappa shape index (κ2) is 5.57. The van der Waals surface area contributed by atoms with E-state index in [0.29, 0.717) is 30.3 Å². The van der Waals surface area contributed by atoms with Crippen LogP contribution in [0.4, 0.5) is 0 Å². The van der Waals surface area contributed by atoms with Gasteiger partial charge in [0.2, 0.25) is 5.91 Å². The fourth-order valence-electron chi connectivity index (χ4n) is 4.75. The van der Waals surface area contributed by atoms with Crippen LogP contribution < -0.4 is 0 Å². The second-order valence-electron chi connectivity index (χ2n) is 7.48. The number of hydrogen-bond acceptors (Lipinski definition) is 5. The molecule has 6 heteroatoms. The Balaban J connectivity index is 1.47. The molecule has 0 radical (unpaired) electrons. The van der Waals surface area contributed by atoms with Gasteiger partial charge in [0.25, 0.3) is 0 Å². The second-order valence-corrected chi connectivity index (χ2v) is 8.26. The molecule has 0 spiro atoms. The lowest BCUT2D eigenvalue weighted by Gasteiger charge is -2.38. The van der Waals surface area contributed by atoms with Crippen LogP contribution in [0, 0.1) is 11.8 Å². The average Bonchev–Trinajstić information content (AvgIpc) is 3.02. The molecule has 5 nitrogen and oxygen atoms in total. The van der Waals surface area contributed by atoms with Crippen molar-refractivity contribution >= 4 is 17.4 Å². The minimum absolute atomic E-state index is 0.251. The Bertz CT molecular complexity index is 564. The van der Waals surface area contributed by atoms with Crippen molar-refractivity contribution < 1.29 is 4.79 Å². The van der Waals surface area contributed by atoms with Crippen LogP contribution in [0.25, 0.3) is 0 Å². The maximum absolute atomic E-state index is 12.9. The molecule has 3 aliphatic rings. The van der Waals surface area contributed by atoms with Gasteiger partial charge in [-0.05, 0) is 42.6 Å². The first-order chi connectivity index (χ1) is 10.6. The predicted octanol–water partition coefficient (Wildman–Crippen LogP) is 2.10. The van der Waals surface area contributed by atoms with Crippen LogP contribution in [0.3, 0.4) is 0 Å². The summed E-state index contributed by atoms with van der Waals surface area (Å²) in [6, 6.07) is 0.606. The Morgan fingerprint density at radius 3 is 2.82 bits per heavy atom. The molecular formula is C16H24N4OS. The number of aromatic nitrogens is 2. The first-order valence-corrected chi connectivity index (χ1v) is 9.23. The van der Waals surface area contributed by atoms with E-state index in [2.05, 4.69) is 33.2 Å². The van der Waals surface area contributed by atoms with Gasteiger partial charge >= 0.3 is 0 Å². The van der Waals surface area contributed by atoms with Crippen molar-refractivity contribution in [1.82, 2.24) is 19.4 Å². The predicted molar refractivity (Wildman–Crippen MR) is 85.6 cm³/mol. The van der Waals surface area contributed by atoms with Crippen LogP contribution in [0.5, 0.6) is 0 Å². The van der Waals surface area contributed by atoms with Crippen molar-refractivity contribution in [3.8, 4) is 0 Å². The van der Waals surface area contributed by atoms with Crippen LogP contribution in [-0.2, 0) is 11.2 Å². The molecule has 4 rings (SSSR count). The molecule has 0 aromatic carbocycles. The lowest BCUT2D eigenvalue weighted by atomic mass is 9.92. The lowest BCUT2D eigenvalue weighted by Crippen LogP contribution is -2.49. The zero-order valence-electron chi connectivity index (χ0n) is 13.4. The van der Waals surface area contributed by atoms with Crippen molar-refractivity contribution in [2.75, 3.05) is 19.6 Å². The summed E-state index contributed by atoms with van der Waals surface area (Å²) >= 11 is 1.48. The van der Waals surface area contributed by atoms with E-state index in [9.17, 15) is 4.79 Å². The summed E-state index contributed by atoms with van der Waals surface area (Å²) in [6.45, 7) is 7.31. The zero-order valence-corrected chi connectivity index (χ0v) is 14.2. The Kier molecular flexibility index (Phi) is 3.69. The highest BCUT2D eigenvalue weighted by Crippen LogP contribution is 2.44. The third kappa shape index (κ3) is 2.46. The average molecular weight is 320 g/mol. The van der Waals surface area contributed by atoms with E-state index in [4.69, 9.17) is 0 Å². The van der Waals surface area contributed by atoms with Crippen LogP contribution in [0.15, 0.2) is 0 Å². The van der Waals surface area contributed by atoms with Gasteiger partial charge in [-0.3, -0.25) is 9.69 Å². The van der Waals surface area contributed by atoms with E-state index < -0.39 is 0 Å². The molecule has 22 heavy (non-hydrogen) atoms. The molecule has 2 bridgehead atoms. The van der Waals surface area contributed by atoms with Crippen molar-refractivity contribution in [3.05, 3.63) is 10.6 Å². The lowest BCUT2D eigenvalue weighted by molar-refractivity contribution is -0.136. The minimum atomic E-state index is 0.251. The molecule has 4 atom stereocenters. The van der Waals surface area contributed by atoms with E-state index in [1.165, 1.54) is 22.8 Å². The SMILES string of the molecule is C[C@@H]1C[C@H](C)CN(CC(=O)N2[C@H]3CC[C@H]2c2snnc2C3)C1. The van der Waals surface area contributed by atoms with Crippen molar-refractivity contribution in [3.63, 3.8) is 0 Å². The molecule has 1 aromatic rings. The molecule has 0 saturated carbocycles. The molecule has 0 aliphatic carbocycles. The largest absolute Gasteiger partial charge is 0.330 e. The van der Waals surface area contributed by atoms with E-state index in [0.717, 1.165) is 38.0 Å². The van der Waals surface area contributed by atoms with Crippen LogP contribution >= 0.6 is 11.5 Å². The van der Waals surface area contributed by atoms with Crippen LogP contribution in [0.2, 0.25) is 0 Å². The van der Waals surface area contributed by atoms with Gasteiger partial charge < -0.3 is 4.90 Å². The Morgan fingerprint density at radius 2 is 2.05 bits per heavy atom. The summed E-state index contributed by atoms with van der Waals surface area (Å²) in [4.78, 5) is 18.7. The number of nitrogens with zero attached hydrogens (tertiary/aromatic N) is 4. The van der Waals surface area contributed by atoms with Gasteiger partial charge in [-0.25, -0.2) is 0 Å². The molecule has 4 heterocycles. The first kappa shape index (κ1) is 14.6. The molecule has 1 aromatic heterocycles. The number of fused-ring (bicyclic) bond motifs is 4. The minimum Gasteiger partial charge on any atom is -0.330 e. The van der Waals surface area contributed by atoms with Gasteiger partial charge in [0.05, 0.1) is 23.2 Å². The quantitative estimate of drug-likeness (QED) is 0.837. The normalized spacial score (nSPS) is 34.7. The smallest absolute Gasteiger partial charge is 0.237 e. The standard InChI is InChI=1S/C16H24N4OS/c1-10-5-11(2)8-19(7-10)9-15(21)20-12-3-4-14(20)16-13(6-12)17-18-22-16/h10-12,14H,3-9H2,1-2H3/t10-,11+,12-,14-/m0/s1. The number of piperidine rings is 1. The van der Waals surface area contributed by atoms with E-state index in [1.54, 1.807) is 0 Å². The van der Waals surface area contributed by atoms with Gasteiger partial charge in [0, 0.05) is 25.6 Å². The molecular weight excluding hydrogens is 296 g/mol. The van der Waals surface area contributed by atoms with Gasteiger partial charge in [0.15, 0.2) is 0 Å².